The summed E-state index contributed by atoms with van der Waals surface area (Å²) in [4.78, 5) is 36.7. The van der Waals surface area contributed by atoms with Crippen LogP contribution in [0.2, 0.25) is 0 Å². The molecule has 2 unspecified atom stereocenters. The number of piperidine rings is 1. The second-order valence-electron chi connectivity index (χ2n) is 8.12. The number of hydrogen-bond donors (Lipinski definition) is 3. The molecule has 1 aliphatic heterocycles. The van der Waals surface area contributed by atoms with E-state index >= 15 is 0 Å². The molecule has 1 saturated heterocycles. The second kappa shape index (κ2) is 9.76. The number of carboxylic acids is 1. The summed E-state index contributed by atoms with van der Waals surface area (Å²) < 4.78 is 5.41. The summed E-state index contributed by atoms with van der Waals surface area (Å²) >= 11 is 0. The van der Waals surface area contributed by atoms with Gasteiger partial charge in [0.25, 0.3) is 5.91 Å². The summed E-state index contributed by atoms with van der Waals surface area (Å²) in [5, 5.41) is 21.4. The number of carbonyl (C=O) groups excluding carboxylic acids is 2. The van der Waals surface area contributed by atoms with Crippen molar-refractivity contribution in [1.82, 2.24) is 10.2 Å². The molecule has 8 nitrogen and oxygen atoms in total. The number of hydrogen-bond acceptors (Lipinski definition) is 5. The lowest BCUT2D eigenvalue weighted by Crippen LogP contribution is -2.47. The van der Waals surface area contributed by atoms with Gasteiger partial charge in [0.1, 0.15) is 6.61 Å². The lowest BCUT2D eigenvalue weighted by molar-refractivity contribution is -0.147. The molecule has 2 aromatic rings. The number of nitrogens with zero attached hydrogens (tertiary/aromatic N) is 1. The van der Waals surface area contributed by atoms with Crippen molar-refractivity contribution >= 4 is 18.0 Å². The number of carboxylic acid groups (broad SMARTS) is 1. The van der Waals surface area contributed by atoms with Gasteiger partial charge in [-0.2, -0.15) is 0 Å². The van der Waals surface area contributed by atoms with Gasteiger partial charge in [-0.3, -0.25) is 9.59 Å². The number of amides is 2. The largest absolute Gasteiger partial charge is 0.481 e. The molecule has 1 fully saturated rings. The summed E-state index contributed by atoms with van der Waals surface area (Å²) in [6.45, 7) is 0.118. The predicted octanol–water partition coefficient (Wildman–Crippen LogP) is 1.82. The maximum absolute atomic E-state index is 12.2. The molecular formula is C25H24N2O6. The maximum Gasteiger partial charge on any atom is 0.407 e. The molecule has 1 aliphatic carbocycles. The highest BCUT2D eigenvalue weighted by Gasteiger charge is 2.32. The minimum absolute atomic E-state index is 0.000284. The van der Waals surface area contributed by atoms with Crippen molar-refractivity contribution in [2.24, 2.45) is 5.92 Å². The van der Waals surface area contributed by atoms with E-state index in [1.807, 2.05) is 36.4 Å². The van der Waals surface area contributed by atoms with Crippen LogP contribution in [0.4, 0.5) is 4.79 Å². The lowest BCUT2D eigenvalue weighted by Gasteiger charge is -2.32. The van der Waals surface area contributed by atoms with Gasteiger partial charge in [0.15, 0.2) is 0 Å². The topological polar surface area (TPSA) is 116 Å². The lowest BCUT2D eigenvalue weighted by atomic mass is 9.96. The number of aliphatic hydroxyl groups excluding tert-OH is 1. The number of aliphatic hydroxyl groups is 1. The zero-order valence-electron chi connectivity index (χ0n) is 17.9. The molecule has 1 heterocycles. The fourth-order valence-corrected chi connectivity index (χ4v) is 4.38. The predicted molar refractivity (Wildman–Crippen MR) is 119 cm³/mol. The Kier molecular flexibility index (Phi) is 6.61. The summed E-state index contributed by atoms with van der Waals surface area (Å²) in [5.41, 5.74) is 4.50. The highest BCUT2D eigenvalue weighted by atomic mass is 16.5. The number of benzene rings is 2. The van der Waals surface area contributed by atoms with Crippen LogP contribution in [0.15, 0.2) is 48.5 Å². The van der Waals surface area contributed by atoms with Gasteiger partial charge in [-0.05, 0) is 34.6 Å². The number of fused-ring (bicyclic) bond motifs is 3. The molecule has 2 amide bonds. The molecule has 0 bridgehead atoms. The average molecular weight is 448 g/mol. The van der Waals surface area contributed by atoms with Crippen LogP contribution in [0.1, 0.15) is 23.5 Å². The van der Waals surface area contributed by atoms with Crippen LogP contribution in [0.5, 0.6) is 0 Å². The second-order valence-corrected chi connectivity index (χ2v) is 8.12. The van der Waals surface area contributed by atoms with Crippen LogP contribution in [0.25, 0.3) is 11.1 Å². The van der Waals surface area contributed by atoms with E-state index < -0.39 is 30.0 Å². The molecule has 0 spiro atoms. The SMILES string of the molecule is O=C(NCC#CC(=O)N1CC(O)CC(C(=O)O)C1)OCC1c2ccccc2-c2ccccc21. The summed E-state index contributed by atoms with van der Waals surface area (Å²) in [6, 6.07) is 16.1. The van der Waals surface area contributed by atoms with E-state index in [2.05, 4.69) is 29.3 Å². The monoisotopic (exact) mass is 448 g/mol. The number of aliphatic carboxylic acids is 1. The number of β-amino-alcohol motifs (C(OH)–C–C–N with tert-alkyl or cyclic N) is 1. The van der Waals surface area contributed by atoms with Gasteiger partial charge in [0, 0.05) is 19.0 Å². The Morgan fingerprint density at radius 2 is 1.67 bits per heavy atom. The Bertz CT molecular complexity index is 1090. The Morgan fingerprint density at radius 3 is 2.30 bits per heavy atom. The molecule has 4 rings (SSSR count). The van der Waals surface area contributed by atoms with Crippen LogP contribution in [0.3, 0.4) is 0 Å². The third-order valence-electron chi connectivity index (χ3n) is 5.93. The standard InChI is InChI=1S/C25H24N2O6/c28-17-12-16(24(30)31)13-27(14-17)23(29)10-5-11-26-25(32)33-15-22-20-8-3-1-6-18(20)19-7-2-4-9-21(19)22/h1-4,6-9,16-17,22,28H,11-15H2,(H,26,32)(H,30,31). The van der Waals surface area contributed by atoms with E-state index in [0.29, 0.717) is 0 Å². The Labute approximate surface area is 191 Å². The third kappa shape index (κ3) is 4.99. The van der Waals surface area contributed by atoms with Gasteiger partial charge in [-0.1, -0.05) is 54.5 Å². The fourth-order valence-electron chi connectivity index (χ4n) is 4.38. The number of ether oxygens (including phenoxy) is 1. The first-order chi connectivity index (χ1) is 15.9. The molecule has 0 aromatic heterocycles. The van der Waals surface area contributed by atoms with Crippen LogP contribution < -0.4 is 5.32 Å². The molecule has 0 saturated carbocycles. The zero-order valence-corrected chi connectivity index (χ0v) is 17.9. The zero-order chi connectivity index (χ0) is 23.4. The molecule has 2 atom stereocenters. The summed E-state index contributed by atoms with van der Waals surface area (Å²) in [6.07, 6.45) is -1.43. The van der Waals surface area contributed by atoms with E-state index in [1.165, 1.54) is 4.90 Å². The van der Waals surface area contributed by atoms with Crippen molar-refractivity contribution in [2.75, 3.05) is 26.2 Å². The summed E-state index contributed by atoms with van der Waals surface area (Å²) in [5.74, 6) is 2.40. The number of nitrogens with one attached hydrogen (secondary N) is 1. The van der Waals surface area contributed by atoms with Crippen molar-refractivity contribution in [2.45, 2.75) is 18.4 Å². The average Bonchev–Trinajstić information content (AvgIpc) is 3.13. The van der Waals surface area contributed by atoms with Crippen molar-refractivity contribution in [3.8, 4) is 23.0 Å². The number of likely N-dealkylation sites (tertiary alicyclic amines) is 1. The maximum atomic E-state index is 12.2. The first-order valence-electron chi connectivity index (χ1n) is 10.7. The van der Waals surface area contributed by atoms with Crippen LogP contribution in [0, 0.1) is 17.8 Å². The van der Waals surface area contributed by atoms with Crippen molar-refractivity contribution < 1.29 is 29.3 Å². The van der Waals surface area contributed by atoms with E-state index in [1.54, 1.807) is 0 Å². The van der Waals surface area contributed by atoms with Gasteiger partial charge in [0.2, 0.25) is 0 Å². The van der Waals surface area contributed by atoms with Crippen molar-refractivity contribution in [3.63, 3.8) is 0 Å². The van der Waals surface area contributed by atoms with Crippen LogP contribution in [-0.4, -0.2) is 65.4 Å². The number of rotatable bonds is 4. The fraction of sp³-hybridized carbons (Fsp3) is 0.320. The first-order valence-corrected chi connectivity index (χ1v) is 10.7. The molecule has 33 heavy (non-hydrogen) atoms. The van der Waals surface area contributed by atoms with Crippen molar-refractivity contribution in [3.05, 3.63) is 59.7 Å². The van der Waals surface area contributed by atoms with E-state index in [0.717, 1.165) is 22.3 Å². The Morgan fingerprint density at radius 1 is 1.03 bits per heavy atom. The molecule has 2 aliphatic rings. The van der Waals surface area contributed by atoms with Gasteiger partial charge in [0.05, 0.1) is 18.6 Å². The van der Waals surface area contributed by atoms with E-state index in [4.69, 9.17) is 9.84 Å². The Balaban J connectivity index is 1.28. The van der Waals surface area contributed by atoms with Crippen LogP contribution >= 0.6 is 0 Å². The molecule has 170 valence electrons. The number of carbonyl (C=O) groups is 3. The first kappa shape index (κ1) is 22.4. The van der Waals surface area contributed by atoms with Gasteiger partial charge in [-0.25, -0.2) is 4.79 Å². The minimum Gasteiger partial charge on any atom is -0.481 e. The Hall–Kier alpha value is -3.83. The molecule has 3 N–H and O–H groups in total. The van der Waals surface area contributed by atoms with E-state index in [-0.39, 0.29) is 38.6 Å². The quantitative estimate of drug-likeness (QED) is 0.615. The third-order valence-corrected chi connectivity index (χ3v) is 5.93. The number of alkyl carbamates (subject to hydrolysis) is 1. The smallest absolute Gasteiger partial charge is 0.407 e. The molecule has 2 aromatic carbocycles. The van der Waals surface area contributed by atoms with Crippen molar-refractivity contribution in [1.29, 1.82) is 0 Å². The van der Waals surface area contributed by atoms with Gasteiger partial charge >= 0.3 is 12.1 Å². The minimum atomic E-state index is -1.06. The van der Waals surface area contributed by atoms with Crippen LogP contribution in [-0.2, 0) is 14.3 Å². The highest BCUT2D eigenvalue weighted by Crippen LogP contribution is 2.44. The van der Waals surface area contributed by atoms with E-state index in [9.17, 15) is 19.5 Å². The molecule has 8 heteroatoms. The molecule has 0 radical (unpaired) electrons. The highest BCUT2D eigenvalue weighted by molar-refractivity contribution is 5.94. The normalized spacial score (nSPS) is 19.0. The van der Waals surface area contributed by atoms with Gasteiger partial charge < -0.3 is 25.2 Å². The molecular weight excluding hydrogens is 424 g/mol. The summed E-state index contributed by atoms with van der Waals surface area (Å²) in [7, 11) is 0. The van der Waals surface area contributed by atoms with Gasteiger partial charge in [-0.15, -0.1) is 0 Å².